The Kier molecular flexibility index (Phi) is 3.39. The third kappa shape index (κ3) is 2.51. The molecule has 0 heterocycles. The first-order valence-corrected chi connectivity index (χ1v) is 5.20. The lowest BCUT2D eigenvalue weighted by Crippen LogP contribution is -1.98. The molecule has 0 amide bonds. The second-order valence-corrected chi connectivity index (χ2v) is 3.64. The zero-order valence-corrected chi connectivity index (χ0v) is 8.89. The van der Waals surface area contributed by atoms with E-state index < -0.39 is 0 Å². The predicted molar refractivity (Wildman–Crippen MR) is 62.4 cm³/mol. The normalized spacial score (nSPS) is 10.8. The average Bonchev–Trinajstić information content (AvgIpc) is 2.29. The van der Waals surface area contributed by atoms with Crippen molar-refractivity contribution in [2.24, 2.45) is 0 Å². The Morgan fingerprint density at radius 3 is 2.56 bits per heavy atom. The molecule has 0 atom stereocenters. The van der Waals surface area contributed by atoms with Crippen molar-refractivity contribution in [3.8, 4) is 5.75 Å². The zero-order chi connectivity index (χ0) is 11.4. The van der Waals surface area contributed by atoms with Crippen LogP contribution < -0.4 is 0 Å². The topological polar surface area (TPSA) is 49.7 Å². The van der Waals surface area contributed by atoms with Crippen LogP contribution in [0.15, 0.2) is 36.4 Å². The summed E-state index contributed by atoms with van der Waals surface area (Å²) < 4.78 is 5.24. The zero-order valence-electron chi connectivity index (χ0n) is 8.89. The number of phenols is 1. The van der Waals surface area contributed by atoms with E-state index in [1.54, 1.807) is 12.1 Å². The van der Waals surface area contributed by atoms with Crippen LogP contribution in [0.4, 0.5) is 0 Å². The van der Waals surface area contributed by atoms with Gasteiger partial charge in [-0.3, -0.25) is 0 Å². The Morgan fingerprint density at radius 2 is 1.75 bits per heavy atom. The highest BCUT2D eigenvalue weighted by Crippen LogP contribution is 2.21. The predicted octanol–water partition coefficient (Wildman–Crippen LogP) is 2.05. The maximum atomic E-state index is 9.32. The number of aliphatic hydroxyl groups excluding tert-OH is 1. The number of aromatic hydroxyl groups is 1. The third-order valence-corrected chi connectivity index (χ3v) is 2.39. The Hall–Kier alpha value is -1.58. The second kappa shape index (κ2) is 4.96. The van der Waals surface area contributed by atoms with E-state index in [1.165, 1.54) is 0 Å². The van der Waals surface area contributed by atoms with Gasteiger partial charge in [-0.1, -0.05) is 18.2 Å². The van der Waals surface area contributed by atoms with E-state index >= 15 is 0 Å². The number of hydrogen-bond donors (Lipinski definition) is 2. The fourth-order valence-corrected chi connectivity index (χ4v) is 1.63. The number of aliphatic hydroxyl groups is 1. The van der Waals surface area contributed by atoms with Crippen molar-refractivity contribution in [3.63, 3.8) is 0 Å². The van der Waals surface area contributed by atoms with Gasteiger partial charge in [-0.25, -0.2) is 0 Å². The van der Waals surface area contributed by atoms with E-state index in [9.17, 15) is 5.11 Å². The first-order chi connectivity index (χ1) is 7.79. The molecule has 0 aliphatic heterocycles. The molecule has 0 radical (unpaired) electrons. The molecular weight excluding hydrogens is 204 g/mol. The highest BCUT2D eigenvalue weighted by Gasteiger charge is 1.98. The van der Waals surface area contributed by atoms with Crippen molar-refractivity contribution >= 4 is 10.8 Å². The molecule has 84 valence electrons. The lowest BCUT2D eigenvalue weighted by Gasteiger charge is -2.04. The Morgan fingerprint density at radius 1 is 1.00 bits per heavy atom. The summed E-state index contributed by atoms with van der Waals surface area (Å²) in [6, 6.07) is 11.2. The van der Waals surface area contributed by atoms with E-state index in [1.807, 2.05) is 24.3 Å². The van der Waals surface area contributed by atoms with Crippen molar-refractivity contribution in [2.75, 3.05) is 13.2 Å². The number of fused-ring (bicyclic) bond motifs is 1. The summed E-state index contributed by atoms with van der Waals surface area (Å²) >= 11 is 0. The van der Waals surface area contributed by atoms with Crippen LogP contribution in [0.2, 0.25) is 0 Å². The summed E-state index contributed by atoms with van der Waals surface area (Å²) in [4.78, 5) is 0. The second-order valence-electron chi connectivity index (χ2n) is 3.64. The van der Waals surface area contributed by atoms with Crippen LogP contribution in [0.5, 0.6) is 5.75 Å². The van der Waals surface area contributed by atoms with Gasteiger partial charge in [0.1, 0.15) is 5.75 Å². The number of rotatable bonds is 4. The first-order valence-electron chi connectivity index (χ1n) is 5.20. The summed E-state index contributed by atoms with van der Waals surface area (Å²) in [7, 11) is 0. The summed E-state index contributed by atoms with van der Waals surface area (Å²) in [6.45, 7) is 0.895. The molecule has 0 fully saturated rings. The van der Waals surface area contributed by atoms with Gasteiger partial charge in [-0.2, -0.15) is 0 Å². The summed E-state index contributed by atoms with van der Waals surface area (Å²) in [5, 5.41) is 20.0. The van der Waals surface area contributed by atoms with E-state index in [4.69, 9.17) is 9.84 Å². The summed E-state index contributed by atoms with van der Waals surface area (Å²) in [5.41, 5.74) is 1.06. The maximum Gasteiger partial charge on any atom is 0.116 e. The molecule has 3 heteroatoms. The van der Waals surface area contributed by atoms with Crippen LogP contribution in [-0.2, 0) is 11.3 Å². The van der Waals surface area contributed by atoms with Gasteiger partial charge in [0.15, 0.2) is 0 Å². The molecule has 3 nitrogen and oxygen atoms in total. The molecular formula is C13H14O3. The smallest absolute Gasteiger partial charge is 0.116 e. The molecule has 0 bridgehead atoms. The largest absolute Gasteiger partial charge is 0.508 e. The molecule has 0 unspecified atom stereocenters. The highest BCUT2D eigenvalue weighted by atomic mass is 16.5. The van der Waals surface area contributed by atoms with Crippen molar-refractivity contribution < 1.29 is 14.9 Å². The van der Waals surface area contributed by atoms with Crippen molar-refractivity contribution in [1.82, 2.24) is 0 Å². The number of benzene rings is 2. The average molecular weight is 218 g/mol. The molecule has 0 aliphatic carbocycles. The van der Waals surface area contributed by atoms with Gasteiger partial charge >= 0.3 is 0 Å². The van der Waals surface area contributed by atoms with Crippen molar-refractivity contribution in [3.05, 3.63) is 42.0 Å². The summed E-state index contributed by atoms with van der Waals surface area (Å²) in [6.07, 6.45) is 0. The minimum absolute atomic E-state index is 0.0431. The standard InChI is InChI=1S/C13H14O3/c14-5-6-16-9-10-1-2-12-8-13(15)4-3-11(12)7-10/h1-4,7-8,14-15H,5-6,9H2. The molecule has 0 saturated heterocycles. The van der Waals surface area contributed by atoms with Crippen LogP contribution in [0.25, 0.3) is 10.8 Å². The Balaban J connectivity index is 2.20. The van der Waals surface area contributed by atoms with Crippen LogP contribution in [0.1, 0.15) is 5.56 Å². The molecule has 2 aromatic rings. The van der Waals surface area contributed by atoms with Gasteiger partial charge < -0.3 is 14.9 Å². The van der Waals surface area contributed by atoms with E-state index in [0.717, 1.165) is 16.3 Å². The lowest BCUT2D eigenvalue weighted by molar-refractivity contribution is 0.0816. The molecule has 16 heavy (non-hydrogen) atoms. The van der Waals surface area contributed by atoms with Gasteiger partial charge in [0.2, 0.25) is 0 Å². The molecule has 2 aromatic carbocycles. The minimum atomic E-state index is 0.0431. The molecule has 0 aliphatic rings. The number of hydrogen-bond acceptors (Lipinski definition) is 3. The van der Waals surface area contributed by atoms with Crippen LogP contribution in [0, 0.1) is 0 Å². The number of ether oxygens (including phenoxy) is 1. The SMILES string of the molecule is OCCOCc1ccc2cc(O)ccc2c1. The molecule has 0 saturated carbocycles. The molecule has 2 N–H and O–H groups in total. The Bertz CT molecular complexity index is 480. The van der Waals surface area contributed by atoms with Crippen molar-refractivity contribution in [1.29, 1.82) is 0 Å². The quantitative estimate of drug-likeness (QED) is 0.772. The monoisotopic (exact) mass is 218 g/mol. The summed E-state index contributed by atoms with van der Waals surface area (Å²) in [5.74, 6) is 0.275. The van der Waals surface area contributed by atoms with Gasteiger partial charge in [0, 0.05) is 0 Å². The van der Waals surface area contributed by atoms with Gasteiger partial charge in [-0.05, 0) is 34.5 Å². The maximum absolute atomic E-state index is 9.32. The van der Waals surface area contributed by atoms with Crippen molar-refractivity contribution in [2.45, 2.75) is 6.61 Å². The van der Waals surface area contributed by atoms with Crippen LogP contribution in [0.3, 0.4) is 0 Å². The fourth-order valence-electron chi connectivity index (χ4n) is 1.63. The van der Waals surface area contributed by atoms with E-state index in [2.05, 4.69) is 0 Å². The fraction of sp³-hybridized carbons (Fsp3) is 0.231. The van der Waals surface area contributed by atoms with Gasteiger partial charge in [0.25, 0.3) is 0 Å². The third-order valence-electron chi connectivity index (χ3n) is 2.39. The first kappa shape index (κ1) is 10.9. The van der Waals surface area contributed by atoms with Crippen LogP contribution >= 0.6 is 0 Å². The number of phenolic OH excluding ortho intramolecular Hbond substituents is 1. The Labute approximate surface area is 93.9 Å². The van der Waals surface area contributed by atoms with Crippen LogP contribution in [-0.4, -0.2) is 23.4 Å². The minimum Gasteiger partial charge on any atom is -0.508 e. The van der Waals surface area contributed by atoms with E-state index in [-0.39, 0.29) is 12.4 Å². The molecule has 0 spiro atoms. The molecule has 2 rings (SSSR count). The lowest BCUT2D eigenvalue weighted by atomic mass is 10.1. The van der Waals surface area contributed by atoms with E-state index in [0.29, 0.717) is 13.2 Å². The van der Waals surface area contributed by atoms with Gasteiger partial charge in [0.05, 0.1) is 19.8 Å². The van der Waals surface area contributed by atoms with Gasteiger partial charge in [-0.15, -0.1) is 0 Å². The molecule has 0 aromatic heterocycles. The highest BCUT2D eigenvalue weighted by molar-refractivity contribution is 5.84.